The highest BCUT2D eigenvalue weighted by atomic mass is 16.5. The summed E-state index contributed by atoms with van der Waals surface area (Å²) >= 11 is 0. The van der Waals surface area contributed by atoms with E-state index in [0.29, 0.717) is 29.4 Å². The molecule has 0 amide bonds. The van der Waals surface area contributed by atoms with Crippen molar-refractivity contribution in [3.05, 3.63) is 47.5 Å². The highest BCUT2D eigenvalue weighted by Crippen LogP contribution is 2.38. The van der Waals surface area contributed by atoms with Crippen molar-refractivity contribution in [2.45, 2.75) is 45.6 Å². The van der Waals surface area contributed by atoms with Gasteiger partial charge in [0.05, 0.1) is 40.6 Å². The van der Waals surface area contributed by atoms with E-state index in [1.807, 2.05) is 18.2 Å². The molecule has 0 fully saturated rings. The molecular weight excluding hydrogens is 434 g/mol. The van der Waals surface area contributed by atoms with Crippen LogP contribution in [0, 0.1) is 0 Å². The maximum atomic E-state index is 12.6. The zero-order valence-electron chi connectivity index (χ0n) is 21.6. The predicted molar refractivity (Wildman–Crippen MR) is 134 cm³/mol. The molecule has 2 aromatic carbocycles. The first-order valence-electron chi connectivity index (χ1n) is 11.6. The van der Waals surface area contributed by atoms with E-state index < -0.39 is 5.97 Å². The van der Waals surface area contributed by atoms with Gasteiger partial charge in [0.1, 0.15) is 5.75 Å². The third kappa shape index (κ3) is 7.03. The molecule has 0 saturated carbocycles. The molecule has 0 aromatic heterocycles. The number of hydrogen-bond donors (Lipinski definition) is 0. The largest absolute Gasteiger partial charge is 0.496 e. The lowest BCUT2D eigenvalue weighted by Gasteiger charge is -2.38. The first-order valence-corrected chi connectivity index (χ1v) is 11.6. The Balaban J connectivity index is 1.89. The van der Waals surface area contributed by atoms with Crippen LogP contribution < -0.4 is 18.9 Å². The molecule has 7 heteroatoms. The number of ether oxygens (including phenoxy) is 5. The Morgan fingerprint density at radius 2 is 1.50 bits per heavy atom. The first-order chi connectivity index (χ1) is 16.3. The van der Waals surface area contributed by atoms with Crippen molar-refractivity contribution in [2.75, 3.05) is 48.1 Å². The van der Waals surface area contributed by atoms with E-state index in [4.69, 9.17) is 23.7 Å². The molecule has 0 spiro atoms. The van der Waals surface area contributed by atoms with Crippen LogP contribution in [-0.2, 0) is 11.2 Å². The van der Waals surface area contributed by atoms with Crippen LogP contribution in [0.1, 0.15) is 49.5 Å². The molecule has 0 atom stereocenters. The third-order valence-corrected chi connectivity index (χ3v) is 6.01. The van der Waals surface area contributed by atoms with E-state index in [9.17, 15) is 4.79 Å². The van der Waals surface area contributed by atoms with Crippen LogP contribution in [0.3, 0.4) is 0 Å². The van der Waals surface area contributed by atoms with Gasteiger partial charge < -0.3 is 23.7 Å². The molecule has 2 rings (SSSR count). The Labute approximate surface area is 203 Å². The molecule has 34 heavy (non-hydrogen) atoms. The van der Waals surface area contributed by atoms with Gasteiger partial charge in [-0.05, 0) is 70.0 Å². The fourth-order valence-electron chi connectivity index (χ4n) is 4.17. The summed E-state index contributed by atoms with van der Waals surface area (Å²) in [7, 11) is 6.26. The number of likely N-dealkylation sites (N-methyl/N-ethyl adjacent to an activating group) is 1. The van der Waals surface area contributed by atoms with E-state index >= 15 is 0 Å². The van der Waals surface area contributed by atoms with Crippen LogP contribution >= 0.6 is 0 Å². The van der Waals surface area contributed by atoms with Gasteiger partial charge >= 0.3 is 5.97 Å². The SMILES string of the molecule is CCN(CCCCOC(=O)c1cc(OC)c(OC)c(OC)c1)C(C)(C)Cc1ccccc1OC. The molecule has 0 aliphatic heterocycles. The molecule has 0 heterocycles. The number of nitrogens with zero attached hydrogens (tertiary/aromatic N) is 1. The molecule has 0 aliphatic rings. The molecule has 0 unspecified atom stereocenters. The number of methoxy groups -OCH3 is 4. The second-order valence-electron chi connectivity index (χ2n) is 8.64. The monoisotopic (exact) mass is 473 g/mol. The van der Waals surface area contributed by atoms with Crippen LogP contribution in [0.4, 0.5) is 0 Å². The van der Waals surface area contributed by atoms with Crippen molar-refractivity contribution >= 4 is 5.97 Å². The second-order valence-corrected chi connectivity index (χ2v) is 8.64. The van der Waals surface area contributed by atoms with Gasteiger partial charge in [0.15, 0.2) is 11.5 Å². The van der Waals surface area contributed by atoms with Gasteiger partial charge in [0.25, 0.3) is 0 Å². The summed E-state index contributed by atoms with van der Waals surface area (Å²) in [5.74, 6) is 1.79. The van der Waals surface area contributed by atoms with Gasteiger partial charge in [-0.25, -0.2) is 4.79 Å². The Bertz CT molecular complexity index is 902. The fourth-order valence-corrected chi connectivity index (χ4v) is 4.17. The molecule has 0 aliphatic carbocycles. The maximum absolute atomic E-state index is 12.6. The van der Waals surface area contributed by atoms with Crippen molar-refractivity contribution in [2.24, 2.45) is 0 Å². The zero-order chi connectivity index (χ0) is 25.1. The van der Waals surface area contributed by atoms with Crippen molar-refractivity contribution < 1.29 is 28.5 Å². The summed E-state index contributed by atoms with van der Waals surface area (Å²) in [5, 5.41) is 0. The van der Waals surface area contributed by atoms with Crippen LogP contribution in [0.25, 0.3) is 0 Å². The van der Waals surface area contributed by atoms with Gasteiger partial charge in [-0.2, -0.15) is 0 Å². The number of unbranched alkanes of at least 4 members (excludes halogenated alkanes) is 1. The molecule has 7 nitrogen and oxygen atoms in total. The summed E-state index contributed by atoms with van der Waals surface area (Å²) in [5.41, 5.74) is 1.53. The quantitative estimate of drug-likeness (QED) is 0.282. The number of hydrogen-bond acceptors (Lipinski definition) is 7. The average Bonchev–Trinajstić information content (AvgIpc) is 2.84. The molecule has 0 saturated heterocycles. The molecule has 0 N–H and O–H groups in total. The number of carbonyl (C=O) groups excluding carboxylic acids is 1. The molecule has 188 valence electrons. The minimum Gasteiger partial charge on any atom is -0.496 e. The predicted octanol–water partition coefficient (Wildman–Crippen LogP) is 5.00. The lowest BCUT2D eigenvalue weighted by atomic mass is 9.92. The second kappa shape index (κ2) is 13.1. The Hall–Kier alpha value is -2.93. The van der Waals surface area contributed by atoms with Crippen molar-refractivity contribution in [3.63, 3.8) is 0 Å². The van der Waals surface area contributed by atoms with E-state index in [0.717, 1.165) is 38.1 Å². The molecular formula is C27H39NO6. The standard InChI is InChI=1S/C27H39NO6/c1-8-28(27(2,3)19-20-13-9-10-14-22(20)30-4)15-11-12-16-34-26(29)21-17-23(31-5)25(33-7)24(18-21)32-6/h9-10,13-14,17-18H,8,11-12,15-16,19H2,1-7H3. The van der Waals surface area contributed by atoms with Crippen LogP contribution in [0.15, 0.2) is 36.4 Å². The fraction of sp³-hybridized carbons (Fsp3) is 0.519. The van der Waals surface area contributed by atoms with Gasteiger partial charge in [-0.15, -0.1) is 0 Å². The average molecular weight is 474 g/mol. The van der Waals surface area contributed by atoms with Crippen molar-refractivity contribution in [1.29, 1.82) is 0 Å². The molecule has 2 aromatic rings. The summed E-state index contributed by atoms with van der Waals surface area (Å²) in [4.78, 5) is 15.0. The normalized spacial score (nSPS) is 11.3. The van der Waals surface area contributed by atoms with Gasteiger partial charge in [0.2, 0.25) is 5.75 Å². The minimum absolute atomic E-state index is 0.0315. The Morgan fingerprint density at radius 3 is 2.06 bits per heavy atom. The van der Waals surface area contributed by atoms with Gasteiger partial charge in [-0.3, -0.25) is 4.90 Å². The van der Waals surface area contributed by atoms with Crippen molar-refractivity contribution in [3.8, 4) is 23.0 Å². The number of rotatable bonds is 14. The highest BCUT2D eigenvalue weighted by Gasteiger charge is 2.26. The van der Waals surface area contributed by atoms with E-state index in [1.54, 1.807) is 19.2 Å². The maximum Gasteiger partial charge on any atom is 0.338 e. The lowest BCUT2D eigenvalue weighted by molar-refractivity contribution is 0.0486. The number of carbonyl (C=O) groups is 1. The number of esters is 1. The van der Waals surface area contributed by atoms with Crippen LogP contribution in [-0.4, -0.2) is 64.5 Å². The molecule has 0 radical (unpaired) electrons. The van der Waals surface area contributed by atoms with Crippen molar-refractivity contribution in [1.82, 2.24) is 4.90 Å². The summed E-state index contributed by atoms with van der Waals surface area (Å²) in [6.07, 6.45) is 2.59. The van der Waals surface area contributed by atoms with E-state index in [2.05, 4.69) is 31.7 Å². The number of benzene rings is 2. The Morgan fingerprint density at radius 1 is 0.882 bits per heavy atom. The van der Waals surface area contributed by atoms with Crippen LogP contribution in [0.2, 0.25) is 0 Å². The Kier molecular flexibility index (Phi) is 10.5. The van der Waals surface area contributed by atoms with Gasteiger partial charge in [0, 0.05) is 5.54 Å². The summed E-state index contributed by atoms with van der Waals surface area (Å²) < 4.78 is 27.0. The lowest BCUT2D eigenvalue weighted by Crippen LogP contribution is -2.46. The molecule has 0 bridgehead atoms. The summed E-state index contributed by atoms with van der Waals surface area (Å²) in [6.45, 7) is 8.89. The first kappa shape index (κ1) is 27.3. The summed E-state index contributed by atoms with van der Waals surface area (Å²) in [6, 6.07) is 11.4. The minimum atomic E-state index is -0.414. The van der Waals surface area contributed by atoms with Crippen LogP contribution in [0.5, 0.6) is 23.0 Å². The van der Waals surface area contributed by atoms with E-state index in [-0.39, 0.29) is 5.54 Å². The van der Waals surface area contributed by atoms with Gasteiger partial charge in [-0.1, -0.05) is 25.1 Å². The third-order valence-electron chi connectivity index (χ3n) is 6.01. The highest BCUT2D eigenvalue weighted by molar-refractivity contribution is 5.91. The van der Waals surface area contributed by atoms with E-state index in [1.165, 1.54) is 26.9 Å². The zero-order valence-corrected chi connectivity index (χ0v) is 21.6. The topological polar surface area (TPSA) is 66.5 Å². The number of para-hydroxylation sites is 1. The smallest absolute Gasteiger partial charge is 0.338 e.